The van der Waals surface area contributed by atoms with E-state index < -0.39 is 0 Å². The van der Waals surface area contributed by atoms with E-state index in [2.05, 4.69) is 37.7 Å². The summed E-state index contributed by atoms with van der Waals surface area (Å²) in [5.74, 6) is 1.60. The van der Waals surface area contributed by atoms with Gasteiger partial charge in [0.2, 0.25) is 0 Å². The maximum Gasteiger partial charge on any atom is 0.0223 e. The van der Waals surface area contributed by atoms with E-state index in [1.807, 2.05) is 0 Å². The van der Waals surface area contributed by atoms with Crippen LogP contribution in [0.15, 0.2) is 0 Å². The summed E-state index contributed by atoms with van der Waals surface area (Å²) < 4.78 is 0. The molecule has 2 unspecified atom stereocenters. The van der Waals surface area contributed by atoms with Gasteiger partial charge in [-0.05, 0) is 77.7 Å². The van der Waals surface area contributed by atoms with Crippen LogP contribution in [-0.4, -0.2) is 56.1 Å². The maximum atomic E-state index is 5.72. The number of hydrogen-bond donors (Lipinski definition) is 1. The van der Waals surface area contributed by atoms with Crippen LogP contribution in [0, 0.1) is 11.8 Å². The largest absolute Gasteiger partial charge is 0.330 e. The van der Waals surface area contributed by atoms with Crippen molar-refractivity contribution in [3.8, 4) is 0 Å². The molecule has 2 atom stereocenters. The van der Waals surface area contributed by atoms with Crippen LogP contribution in [0.25, 0.3) is 0 Å². The first-order valence-corrected chi connectivity index (χ1v) is 8.13. The van der Waals surface area contributed by atoms with Crippen LogP contribution < -0.4 is 5.73 Å². The molecule has 114 valence electrons. The van der Waals surface area contributed by atoms with Crippen molar-refractivity contribution in [2.24, 2.45) is 17.6 Å². The highest BCUT2D eigenvalue weighted by molar-refractivity contribution is 4.81. The first kappa shape index (κ1) is 16.9. The van der Waals surface area contributed by atoms with E-state index in [0.29, 0.717) is 0 Å². The van der Waals surface area contributed by atoms with E-state index >= 15 is 0 Å². The lowest BCUT2D eigenvalue weighted by Crippen LogP contribution is -2.38. The van der Waals surface area contributed by atoms with Gasteiger partial charge in [0.15, 0.2) is 0 Å². The van der Waals surface area contributed by atoms with Crippen molar-refractivity contribution in [3.05, 3.63) is 0 Å². The highest BCUT2D eigenvalue weighted by Gasteiger charge is 2.24. The van der Waals surface area contributed by atoms with E-state index in [-0.39, 0.29) is 0 Å². The second-order valence-electron chi connectivity index (χ2n) is 6.82. The van der Waals surface area contributed by atoms with Crippen molar-refractivity contribution in [3.63, 3.8) is 0 Å². The molecule has 0 aromatic rings. The molecule has 1 heterocycles. The molecule has 1 fully saturated rings. The third-order valence-corrected chi connectivity index (χ3v) is 4.58. The zero-order chi connectivity index (χ0) is 14.3. The van der Waals surface area contributed by atoms with E-state index in [1.165, 1.54) is 51.7 Å². The summed E-state index contributed by atoms with van der Waals surface area (Å²) in [7, 11) is 4.37. The Balaban J connectivity index is 2.27. The highest BCUT2D eigenvalue weighted by atomic mass is 15.2. The number of nitrogens with zero attached hydrogens (tertiary/aromatic N) is 2. The second-order valence-corrected chi connectivity index (χ2v) is 6.82. The maximum absolute atomic E-state index is 5.72. The normalized spacial score (nSPS) is 22.6. The van der Waals surface area contributed by atoms with Gasteiger partial charge < -0.3 is 10.6 Å². The van der Waals surface area contributed by atoms with E-state index in [1.54, 1.807) is 0 Å². The molecule has 0 saturated carbocycles. The number of rotatable bonds is 9. The van der Waals surface area contributed by atoms with Gasteiger partial charge >= 0.3 is 0 Å². The molecule has 0 bridgehead atoms. The van der Waals surface area contributed by atoms with Crippen molar-refractivity contribution >= 4 is 0 Å². The molecule has 0 spiro atoms. The Morgan fingerprint density at radius 3 is 2.58 bits per heavy atom. The molecule has 1 saturated heterocycles. The summed E-state index contributed by atoms with van der Waals surface area (Å²) in [5.41, 5.74) is 5.72. The highest BCUT2D eigenvalue weighted by Crippen LogP contribution is 2.23. The Hall–Kier alpha value is -0.120. The SMILES string of the molecule is CC(C)C(CCN)CCCN1CCCC1CN(C)C. The first-order valence-electron chi connectivity index (χ1n) is 8.13. The summed E-state index contributed by atoms with van der Waals surface area (Å²) in [6.07, 6.45) is 6.65. The molecule has 0 amide bonds. The van der Waals surface area contributed by atoms with Gasteiger partial charge in [0.05, 0.1) is 0 Å². The summed E-state index contributed by atoms with van der Waals surface area (Å²) in [4.78, 5) is 5.04. The van der Waals surface area contributed by atoms with Crippen molar-refractivity contribution in [1.82, 2.24) is 9.80 Å². The standard InChI is InChI=1S/C16H35N3/c1-14(2)15(9-10-17)7-5-11-19-12-6-8-16(19)13-18(3)4/h14-16H,5-13,17H2,1-4H3. The summed E-state index contributed by atoms with van der Waals surface area (Å²) in [5, 5.41) is 0. The fourth-order valence-electron chi connectivity index (χ4n) is 3.40. The molecule has 1 aliphatic rings. The van der Waals surface area contributed by atoms with Gasteiger partial charge in [-0.25, -0.2) is 0 Å². The number of likely N-dealkylation sites (N-methyl/N-ethyl adjacent to an activating group) is 1. The van der Waals surface area contributed by atoms with E-state index in [0.717, 1.165) is 24.4 Å². The minimum atomic E-state index is 0.778. The Kier molecular flexibility index (Phi) is 7.96. The first-order chi connectivity index (χ1) is 9.04. The number of likely N-dealkylation sites (tertiary alicyclic amines) is 1. The lowest BCUT2D eigenvalue weighted by Gasteiger charge is -2.28. The molecule has 19 heavy (non-hydrogen) atoms. The summed E-state index contributed by atoms with van der Waals surface area (Å²) in [6, 6.07) is 0.794. The van der Waals surface area contributed by atoms with Gasteiger partial charge in [-0.15, -0.1) is 0 Å². The second kappa shape index (κ2) is 8.93. The van der Waals surface area contributed by atoms with Crippen LogP contribution in [0.3, 0.4) is 0 Å². The van der Waals surface area contributed by atoms with Gasteiger partial charge in [0.1, 0.15) is 0 Å². The minimum absolute atomic E-state index is 0.778. The van der Waals surface area contributed by atoms with Crippen LogP contribution in [-0.2, 0) is 0 Å². The molecule has 1 aliphatic heterocycles. The zero-order valence-electron chi connectivity index (χ0n) is 13.6. The average molecular weight is 269 g/mol. The van der Waals surface area contributed by atoms with Gasteiger partial charge in [-0.2, -0.15) is 0 Å². The third kappa shape index (κ3) is 6.24. The summed E-state index contributed by atoms with van der Waals surface area (Å²) in [6.45, 7) is 9.33. The number of hydrogen-bond acceptors (Lipinski definition) is 3. The van der Waals surface area contributed by atoms with Crippen LogP contribution in [0.2, 0.25) is 0 Å². The van der Waals surface area contributed by atoms with Crippen molar-refractivity contribution in [1.29, 1.82) is 0 Å². The predicted octanol–water partition coefficient (Wildman–Crippen LogP) is 2.41. The molecule has 3 heteroatoms. The van der Waals surface area contributed by atoms with Crippen LogP contribution in [0.5, 0.6) is 0 Å². The molecule has 0 aliphatic carbocycles. The molecule has 2 N–H and O–H groups in total. The van der Waals surface area contributed by atoms with Crippen molar-refractivity contribution < 1.29 is 0 Å². The van der Waals surface area contributed by atoms with Gasteiger partial charge in [0, 0.05) is 12.6 Å². The van der Waals surface area contributed by atoms with Crippen LogP contribution in [0.1, 0.15) is 46.0 Å². The van der Waals surface area contributed by atoms with Crippen LogP contribution >= 0.6 is 0 Å². The Bertz CT molecular complexity index is 228. The molecule has 3 nitrogen and oxygen atoms in total. The molecular formula is C16H35N3. The lowest BCUT2D eigenvalue weighted by molar-refractivity contribution is 0.197. The Labute approximate surface area is 120 Å². The van der Waals surface area contributed by atoms with Crippen molar-refractivity contribution in [2.45, 2.75) is 52.0 Å². The van der Waals surface area contributed by atoms with Gasteiger partial charge in [-0.1, -0.05) is 13.8 Å². The van der Waals surface area contributed by atoms with Gasteiger partial charge in [0.25, 0.3) is 0 Å². The average Bonchev–Trinajstić information content (AvgIpc) is 2.74. The summed E-state index contributed by atoms with van der Waals surface area (Å²) >= 11 is 0. The number of nitrogens with two attached hydrogens (primary N) is 1. The third-order valence-electron chi connectivity index (χ3n) is 4.58. The molecular weight excluding hydrogens is 234 g/mol. The quantitative estimate of drug-likeness (QED) is 0.698. The molecule has 1 rings (SSSR count). The topological polar surface area (TPSA) is 32.5 Å². The smallest absolute Gasteiger partial charge is 0.0223 e. The zero-order valence-corrected chi connectivity index (χ0v) is 13.6. The van der Waals surface area contributed by atoms with Crippen molar-refractivity contribution in [2.75, 3.05) is 40.3 Å². The fraction of sp³-hybridized carbons (Fsp3) is 1.00. The van der Waals surface area contributed by atoms with Gasteiger partial charge in [-0.3, -0.25) is 4.90 Å². The molecule has 0 aromatic heterocycles. The van der Waals surface area contributed by atoms with Crippen LogP contribution in [0.4, 0.5) is 0 Å². The van der Waals surface area contributed by atoms with E-state index in [9.17, 15) is 0 Å². The molecule has 0 aromatic carbocycles. The Morgan fingerprint density at radius 2 is 2.00 bits per heavy atom. The Morgan fingerprint density at radius 1 is 1.26 bits per heavy atom. The monoisotopic (exact) mass is 269 g/mol. The molecule has 0 radical (unpaired) electrons. The predicted molar refractivity (Wildman–Crippen MR) is 84.4 cm³/mol. The van der Waals surface area contributed by atoms with E-state index in [4.69, 9.17) is 5.73 Å². The minimum Gasteiger partial charge on any atom is -0.330 e. The lowest BCUT2D eigenvalue weighted by atomic mass is 9.88. The fourth-order valence-corrected chi connectivity index (χ4v) is 3.40.